The van der Waals surface area contributed by atoms with Crippen molar-refractivity contribution in [2.45, 2.75) is 30.2 Å². The normalized spacial score (nSPS) is 15.3. The summed E-state index contributed by atoms with van der Waals surface area (Å²) in [6.45, 7) is 1.15. The lowest BCUT2D eigenvalue weighted by Gasteiger charge is -2.15. The Hall–Kier alpha value is -1.02. The van der Waals surface area contributed by atoms with Crippen molar-refractivity contribution in [3.63, 3.8) is 0 Å². The van der Waals surface area contributed by atoms with Gasteiger partial charge < -0.3 is 10.6 Å². The number of thiocarbonyl (C=S) groups is 1. The third kappa shape index (κ3) is 5.03. The molecule has 1 fully saturated rings. The Balaban J connectivity index is 1.90. The van der Waals surface area contributed by atoms with Crippen molar-refractivity contribution in [2.24, 2.45) is 5.73 Å². The highest BCUT2D eigenvalue weighted by molar-refractivity contribution is 7.89. The molecule has 116 valence electrons. The highest BCUT2D eigenvalue weighted by Crippen LogP contribution is 2.24. The molecule has 0 radical (unpaired) electrons. The van der Waals surface area contributed by atoms with Crippen molar-refractivity contribution in [3.05, 3.63) is 29.8 Å². The van der Waals surface area contributed by atoms with E-state index in [4.69, 9.17) is 18.0 Å². The number of nitrogens with zero attached hydrogens (tertiary/aromatic N) is 1. The van der Waals surface area contributed by atoms with Gasteiger partial charge in [0.1, 0.15) is 0 Å². The fourth-order valence-corrected chi connectivity index (χ4v) is 3.31. The van der Waals surface area contributed by atoms with Gasteiger partial charge in [0, 0.05) is 25.6 Å². The molecule has 3 N–H and O–H groups in total. The van der Waals surface area contributed by atoms with Crippen molar-refractivity contribution in [2.75, 3.05) is 20.1 Å². The second-order valence-electron chi connectivity index (χ2n) is 5.40. The zero-order valence-electron chi connectivity index (χ0n) is 12.1. The second-order valence-corrected chi connectivity index (χ2v) is 7.69. The fourth-order valence-electron chi connectivity index (χ4n) is 2.13. The van der Waals surface area contributed by atoms with Crippen LogP contribution in [0.3, 0.4) is 0 Å². The fraction of sp³-hybridized carbons (Fsp3) is 0.500. The number of benzene rings is 1. The summed E-state index contributed by atoms with van der Waals surface area (Å²) >= 11 is 4.83. The summed E-state index contributed by atoms with van der Waals surface area (Å²) in [6.07, 6.45) is 2.91. The second kappa shape index (κ2) is 6.83. The van der Waals surface area contributed by atoms with Crippen LogP contribution in [0.25, 0.3) is 0 Å². The van der Waals surface area contributed by atoms with E-state index in [9.17, 15) is 8.42 Å². The van der Waals surface area contributed by atoms with E-state index in [1.807, 2.05) is 7.05 Å². The molecule has 0 heterocycles. The Morgan fingerprint density at radius 2 is 2.00 bits per heavy atom. The molecule has 21 heavy (non-hydrogen) atoms. The van der Waals surface area contributed by atoms with Crippen LogP contribution < -0.4 is 10.5 Å². The molecule has 7 heteroatoms. The molecule has 0 bridgehead atoms. The van der Waals surface area contributed by atoms with Crippen LogP contribution >= 0.6 is 12.2 Å². The van der Waals surface area contributed by atoms with Gasteiger partial charge in [-0.05, 0) is 37.6 Å². The van der Waals surface area contributed by atoms with Crippen LogP contribution in [0.2, 0.25) is 0 Å². The Labute approximate surface area is 131 Å². The van der Waals surface area contributed by atoms with Crippen LogP contribution in [0.15, 0.2) is 29.2 Å². The van der Waals surface area contributed by atoms with Gasteiger partial charge >= 0.3 is 0 Å². The molecule has 5 nitrogen and oxygen atoms in total. The zero-order chi connectivity index (χ0) is 15.5. The van der Waals surface area contributed by atoms with E-state index in [0.29, 0.717) is 24.0 Å². The third-order valence-electron chi connectivity index (χ3n) is 3.54. The minimum Gasteiger partial charge on any atom is -0.393 e. The Kier molecular flexibility index (Phi) is 5.32. The summed E-state index contributed by atoms with van der Waals surface area (Å²) in [5.74, 6) is 0. The summed E-state index contributed by atoms with van der Waals surface area (Å²) in [7, 11) is -1.42. The van der Waals surface area contributed by atoms with E-state index >= 15 is 0 Å². The molecule has 0 spiro atoms. The van der Waals surface area contributed by atoms with Crippen molar-refractivity contribution in [3.8, 4) is 0 Å². The van der Waals surface area contributed by atoms with Gasteiger partial charge in [0.05, 0.1) is 9.88 Å². The topological polar surface area (TPSA) is 75.4 Å². The summed E-state index contributed by atoms with van der Waals surface area (Å²) in [4.78, 5) is 2.85. The molecule has 1 aliphatic carbocycles. The molecule has 0 aliphatic heterocycles. The molecule has 1 aromatic carbocycles. The molecule has 0 saturated heterocycles. The highest BCUT2D eigenvalue weighted by Gasteiger charge is 2.25. The SMILES string of the molecule is CN(CCNS(=O)(=O)c1ccc(CC(N)=S)cc1)C1CC1. The molecule has 2 rings (SSSR count). The van der Waals surface area contributed by atoms with E-state index in [-0.39, 0.29) is 4.90 Å². The summed E-state index contributed by atoms with van der Waals surface area (Å²) in [5, 5.41) is 0. The van der Waals surface area contributed by atoms with Gasteiger partial charge in [-0.25, -0.2) is 13.1 Å². The van der Waals surface area contributed by atoms with Gasteiger partial charge in [0.2, 0.25) is 10.0 Å². The first-order valence-corrected chi connectivity index (χ1v) is 8.85. The number of hydrogen-bond donors (Lipinski definition) is 2. The molecular weight excluding hydrogens is 306 g/mol. The van der Waals surface area contributed by atoms with E-state index in [1.54, 1.807) is 24.3 Å². The minimum absolute atomic E-state index is 0.267. The van der Waals surface area contributed by atoms with E-state index < -0.39 is 10.0 Å². The number of nitrogens with two attached hydrogens (primary N) is 1. The number of hydrogen-bond acceptors (Lipinski definition) is 4. The number of nitrogens with one attached hydrogen (secondary N) is 1. The average molecular weight is 327 g/mol. The lowest BCUT2D eigenvalue weighted by atomic mass is 10.1. The zero-order valence-corrected chi connectivity index (χ0v) is 13.7. The van der Waals surface area contributed by atoms with Crippen LogP contribution in [-0.4, -0.2) is 44.5 Å². The van der Waals surface area contributed by atoms with Gasteiger partial charge in [-0.3, -0.25) is 0 Å². The van der Waals surface area contributed by atoms with Crippen molar-refractivity contribution >= 4 is 27.2 Å². The van der Waals surface area contributed by atoms with Gasteiger partial charge in [-0.15, -0.1) is 0 Å². The summed E-state index contributed by atoms with van der Waals surface area (Å²) < 4.78 is 26.9. The smallest absolute Gasteiger partial charge is 0.240 e. The molecule has 0 aromatic heterocycles. The largest absolute Gasteiger partial charge is 0.393 e. The van der Waals surface area contributed by atoms with E-state index in [1.165, 1.54) is 12.8 Å². The molecule has 1 aromatic rings. The van der Waals surface area contributed by atoms with Crippen LogP contribution in [0, 0.1) is 0 Å². The molecule has 0 unspecified atom stereocenters. The number of likely N-dealkylation sites (N-methyl/N-ethyl adjacent to an activating group) is 1. The van der Waals surface area contributed by atoms with Crippen LogP contribution in [0.4, 0.5) is 0 Å². The minimum atomic E-state index is -3.45. The maximum Gasteiger partial charge on any atom is 0.240 e. The van der Waals surface area contributed by atoms with Crippen molar-refractivity contribution in [1.29, 1.82) is 0 Å². The van der Waals surface area contributed by atoms with Gasteiger partial charge in [-0.2, -0.15) is 0 Å². The van der Waals surface area contributed by atoms with Crippen molar-refractivity contribution in [1.82, 2.24) is 9.62 Å². The van der Waals surface area contributed by atoms with Crippen molar-refractivity contribution < 1.29 is 8.42 Å². The van der Waals surface area contributed by atoms with E-state index in [0.717, 1.165) is 12.1 Å². The highest BCUT2D eigenvalue weighted by atomic mass is 32.2. The third-order valence-corrected chi connectivity index (χ3v) is 5.16. The molecule has 1 saturated carbocycles. The first-order valence-electron chi connectivity index (χ1n) is 6.95. The predicted octanol–water partition coefficient (Wildman–Crippen LogP) is 0.888. The summed E-state index contributed by atoms with van der Waals surface area (Å²) in [6, 6.07) is 7.28. The quantitative estimate of drug-likeness (QED) is 0.694. The molecule has 1 aliphatic rings. The first-order chi connectivity index (χ1) is 9.88. The van der Waals surface area contributed by atoms with Crippen LogP contribution in [0.1, 0.15) is 18.4 Å². The molecule has 0 amide bonds. The molecular formula is C14H21N3O2S2. The number of rotatable bonds is 8. The van der Waals surface area contributed by atoms with Crippen LogP contribution in [-0.2, 0) is 16.4 Å². The molecule has 0 atom stereocenters. The lowest BCUT2D eigenvalue weighted by molar-refractivity contribution is 0.329. The Morgan fingerprint density at radius 1 is 1.38 bits per heavy atom. The lowest BCUT2D eigenvalue weighted by Crippen LogP contribution is -2.34. The Bertz CT molecular complexity index is 595. The van der Waals surface area contributed by atoms with Gasteiger partial charge in [0.25, 0.3) is 0 Å². The summed E-state index contributed by atoms with van der Waals surface area (Å²) in [5.41, 5.74) is 6.38. The predicted molar refractivity (Wildman–Crippen MR) is 87.8 cm³/mol. The Morgan fingerprint density at radius 3 is 2.52 bits per heavy atom. The van der Waals surface area contributed by atoms with Gasteiger partial charge in [-0.1, -0.05) is 24.4 Å². The maximum atomic E-state index is 12.2. The van der Waals surface area contributed by atoms with Gasteiger partial charge in [0.15, 0.2) is 0 Å². The number of sulfonamides is 1. The monoisotopic (exact) mass is 327 g/mol. The maximum absolute atomic E-state index is 12.2. The standard InChI is InChI=1S/C14H21N3O2S2/c1-17(12-4-5-12)9-8-16-21(18,19)13-6-2-11(3-7-13)10-14(15)20/h2-3,6-7,12,16H,4-5,8-10H2,1H3,(H2,15,20). The first kappa shape index (κ1) is 16.4. The van der Waals surface area contributed by atoms with Crippen LogP contribution in [0.5, 0.6) is 0 Å². The van der Waals surface area contributed by atoms with E-state index in [2.05, 4.69) is 9.62 Å². The average Bonchev–Trinajstić information content (AvgIpc) is 3.22.